The van der Waals surface area contributed by atoms with Gasteiger partial charge in [-0.25, -0.2) is 0 Å². The number of benzene rings is 1. The zero-order valence-electron chi connectivity index (χ0n) is 13.7. The normalized spacial score (nSPS) is 17.3. The van der Waals surface area contributed by atoms with Gasteiger partial charge in [-0.05, 0) is 30.5 Å². The Morgan fingerprint density at radius 1 is 1.40 bits per heavy atom. The van der Waals surface area contributed by atoms with Crippen molar-refractivity contribution in [1.82, 2.24) is 4.90 Å². The molecule has 136 valence electrons. The standard InChI is InChI=1S/C17H19F3N2O3/c1-3-16(24)22-5-4-11(10-22)6-15(23)21-13-7-12(17(18,19)20)8-14(9-13)25-2/h3,7-9,11H,1,4-6,10H2,2H3,(H,21,23)/t11-/m0/s1. The van der Waals surface area contributed by atoms with Gasteiger partial charge >= 0.3 is 6.18 Å². The molecule has 1 atom stereocenters. The van der Waals surface area contributed by atoms with Gasteiger partial charge in [0.1, 0.15) is 5.75 Å². The molecule has 1 aliphatic heterocycles. The fourth-order valence-corrected chi connectivity index (χ4v) is 2.76. The quantitative estimate of drug-likeness (QED) is 0.825. The summed E-state index contributed by atoms with van der Waals surface area (Å²) in [6, 6.07) is 3.06. The molecule has 1 fully saturated rings. The molecule has 0 aliphatic carbocycles. The van der Waals surface area contributed by atoms with Crippen LogP contribution < -0.4 is 10.1 Å². The highest BCUT2D eigenvalue weighted by atomic mass is 19.4. The zero-order valence-corrected chi connectivity index (χ0v) is 13.7. The number of amides is 2. The molecule has 0 spiro atoms. The number of halogens is 3. The number of alkyl halides is 3. The monoisotopic (exact) mass is 356 g/mol. The summed E-state index contributed by atoms with van der Waals surface area (Å²) in [4.78, 5) is 25.2. The molecule has 2 amide bonds. The third kappa shape index (κ3) is 4.98. The highest BCUT2D eigenvalue weighted by molar-refractivity contribution is 5.91. The van der Waals surface area contributed by atoms with E-state index in [1.165, 1.54) is 19.3 Å². The van der Waals surface area contributed by atoms with Gasteiger partial charge in [-0.3, -0.25) is 9.59 Å². The largest absolute Gasteiger partial charge is 0.497 e. The highest BCUT2D eigenvalue weighted by Crippen LogP contribution is 2.34. The van der Waals surface area contributed by atoms with Gasteiger partial charge in [-0.2, -0.15) is 13.2 Å². The minimum Gasteiger partial charge on any atom is -0.497 e. The van der Waals surface area contributed by atoms with Crippen molar-refractivity contribution in [2.45, 2.75) is 19.0 Å². The second-order valence-corrected chi connectivity index (χ2v) is 5.84. The number of nitrogens with one attached hydrogen (secondary N) is 1. The Hall–Kier alpha value is -2.51. The lowest BCUT2D eigenvalue weighted by molar-refractivity contribution is -0.137. The van der Waals surface area contributed by atoms with Crippen LogP contribution in [0.2, 0.25) is 0 Å². The maximum Gasteiger partial charge on any atom is 0.416 e. The van der Waals surface area contributed by atoms with Crippen molar-refractivity contribution < 1.29 is 27.5 Å². The number of nitrogens with zero attached hydrogens (tertiary/aromatic N) is 1. The molecule has 1 heterocycles. The number of carbonyl (C=O) groups excluding carboxylic acids is 2. The van der Waals surface area contributed by atoms with Gasteiger partial charge < -0.3 is 15.0 Å². The topological polar surface area (TPSA) is 58.6 Å². The van der Waals surface area contributed by atoms with Crippen molar-refractivity contribution >= 4 is 17.5 Å². The fourth-order valence-electron chi connectivity index (χ4n) is 2.76. The van der Waals surface area contributed by atoms with Crippen LogP contribution in [-0.2, 0) is 15.8 Å². The summed E-state index contributed by atoms with van der Waals surface area (Å²) >= 11 is 0. The first-order chi connectivity index (χ1) is 11.7. The first kappa shape index (κ1) is 18.8. The third-order valence-electron chi connectivity index (χ3n) is 4.00. The number of anilines is 1. The summed E-state index contributed by atoms with van der Waals surface area (Å²) in [5, 5.41) is 2.47. The SMILES string of the molecule is C=CC(=O)N1CC[C@@H](CC(=O)Nc2cc(OC)cc(C(F)(F)F)c2)C1. The molecular formula is C17H19F3N2O3. The Kier molecular flexibility index (Phi) is 5.71. The van der Waals surface area contributed by atoms with Gasteiger partial charge in [-0.1, -0.05) is 6.58 Å². The van der Waals surface area contributed by atoms with E-state index >= 15 is 0 Å². The number of hydrogen-bond acceptors (Lipinski definition) is 3. The van der Waals surface area contributed by atoms with Crippen LogP contribution in [0.5, 0.6) is 5.75 Å². The lowest BCUT2D eigenvalue weighted by Crippen LogP contribution is -2.27. The molecule has 1 aromatic rings. The fraction of sp³-hybridized carbons (Fsp3) is 0.412. The predicted octanol–water partition coefficient (Wildman–Crippen LogP) is 3.08. The second-order valence-electron chi connectivity index (χ2n) is 5.84. The van der Waals surface area contributed by atoms with Crippen molar-refractivity contribution in [2.75, 3.05) is 25.5 Å². The molecule has 8 heteroatoms. The van der Waals surface area contributed by atoms with Crippen molar-refractivity contribution in [2.24, 2.45) is 5.92 Å². The van der Waals surface area contributed by atoms with E-state index in [0.29, 0.717) is 19.5 Å². The van der Waals surface area contributed by atoms with E-state index in [0.717, 1.165) is 12.1 Å². The van der Waals surface area contributed by atoms with E-state index in [-0.39, 0.29) is 29.7 Å². The minimum atomic E-state index is -4.54. The third-order valence-corrected chi connectivity index (χ3v) is 4.00. The van der Waals surface area contributed by atoms with E-state index in [2.05, 4.69) is 11.9 Å². The van der Waals surface area contributed by atoms with Crippen molar-refractivity contribution in [1.29, 1.82) is 0 Å². The number of methoxy groups -OCH3 is 1. The first-order valence-electron chi connectivity index (χ1n) is 7.70. The molecule has 0 saturated carbocycles. The van der Waals surface area contributed by atoms with Crippen molar-refractivity contribution in [3.63, 3.8) is 0 Å². The molecule has 1 saturated heterocycles. The summed E-state index contributed by atoms with van der Waals surface area (Å²) in [6.45, 7) is 4.39. The smallest absolute Gasteiger partial charge is 0.416 e. The molecule has 0 radical (unpaired) electrons. The minimum absolute atomic E-state index is 0.00810. The molecule has 0 aromatic heterocycles. The van der Waals surface area contributed by atoms with E-state index in [1.54, 1.807) is 4.90 Å². The highest BCUT2D eigenvalue weighted by Gasteiger charge is 2.32. The lowest BCUT2D eigenvalue weighted by Gasteiger charge is -2.15. The molecule has 2 rings (SSSR count). The van der Waals surface area contributed by atoms with E-state index < -0.39 is 17.6 Å². The maximum absolute atomic E-state index is 12.9. The summed E-state index contributed by atoms with van der Waals surface area (Å²) in [5.74, 6) is -0.616. The molecule has 1 aliphatic rings. The van der Waals surface area contributed by atoms with Crippen LogP contribution in [-0.4, -0.2) is 36.9 Å². The molecule has 5 nitrogen and oxygen atoms in total. The number of carbonyl (C=O) groups is 2. The van der Waals surface area contributed by atoms with Gasteiger partial charge in [0.2, 0.25) is 11.8 Å². The van der Waals surface area contributed by atoms with Gasteiger partial charge in [0, 0.05) is 31.3 Å². The van der Waals surface area contributed by atoms with E-state index in [4.69, 9.17) is 4.74 Å². The Labute approximate surface area is 143 Å². The van der Waals surface area contributed by atoms with E-state index in [9.17, 15) is 22.8 Å². The zero-order chi connectivity index (χ0) is 18.6. The van der Waals surface area contributed by atoms with Gasteiger partial charge in [-0.15, -0.1) is 0 Å². The summed E-state index contributed by atoms with van der Waals surface area (Å²) in [6.07, 6.45) is -2.53. The van der Waals surface area contributed by atoms with Crippen molar-refractivity contribution in [3.8, 4) is 5.75 Å². The van der Waals surface area contributed by atoms with Crippen LogP contribution in [0.15, 0.2) is 30.9 Å². The van der Waals surface area contributed by atoms with Crippen LogP contribution >= 0.6 is 0 Å². The Morgan fingerprint density at radius 2 is 2.12 bits per heavy atom. The summed E-state index contributed by atoms with van der Waals surface area (Å²) in [5.41, 5.74) is -0.875. The van der Waals surface area contributed by atoms with Crippen LogP contribution in [0.25, 0.3) is 0 Å². The van der Waals surface area contributed by atoms with Crippen LogP contribution in [0, 0.1) is 5.92 Å². The van der Waals surface area contributed by atoms with Gasteiger partial charge in [0.15, 0.2) is 0 Å². The van der Waals surface area contributed by atoms with Crippen LogP contribution in [0.3, 0.4) is 0 Å². The number of likely N-dealkylation sites (tertiary alicyclic amines) is 1. The van der Waals surface area contributed by atoms with Gasteiger partial charge in [0.25, 0.3) is 0 Å². The predicted molar refractivity (Wildman–Crippen MR) is 86.1 cm³/mol. The Balaban J connectivity index is 2.01. The average Bonchev–Trinajstić information content (AvgIpc) is 3.01. The van der Waals surface area contributed by atoms with Crippen LogP contribution in [0.1, 0.15) is 18.4 Å². The summed E-state index contributed by atoms with van der Waals surface area (Å²) < 4.78 is 43.5. The van der Waals surface area contributed by atoms with Gasteiger partial charge in [0.05, 0.1) is 12.7 Å². The number of rotatable bonds is 5. The van der Waals surface area contributed by atoms with Crippen molar-refractivity contribution in [3.05, 3.63) is 36.4 Å². The summed E-state index contributed by atoms with van der Waals surface area (Å²) in [7, 11) is 1.25. The molecule has 1 N–H and O–H groups in total. The maximum atomic E-state index is 12.9. The molecule has 0 bridgehead atoms. The first-order valence-corrected chi connectivity index (χ1v) is 7.70. The second kappa shape index (κ2) is 7.58. The number of ether oxygens (including phenoxy) is 1. The number of hydrogen-bond donors (Lipinski definition) is 1. The van der Waals surface area contributed by atoms with E-state index in [1.807, 2.05) is 0 Å². The molecule has 0 unspecified atom stereocenters. The van der Waals surface area contributed by atoms with Crippen LogP contribution in [0.4, 0.5) is 18.9 Å². The lowest BCUT2D eigenvalue weighted by atomic mass is 10.0. The molecule has 25 heavy (non-hydrogen) atoms. The molecule has 1 aromatic carbocycles. The Bertz CT molecular complexity index is 674. The molecular weight excluding hydrogens is 337 g/mol. The Morgan fingerprint density at radius 3 is 2.72 bits per heavy atom. The average molecular weight is 356 g/mol.